The van der Waals surface area contributed by atoms with Crippen molar-refractivity contribution in [1.29, 1.82) is 5.26 Å². The van der Waals surface area contributed by atoms with E-state index in [4.69, 9.17) is 5.26 Å². The molecule has 2 nitrogen and oxygen atoms in total. The van der Waals surface area contributed by atoms with Crippen molar-refractivity contribution in [3.05, 3.63) is 12.2 Å². The summed E-state index contributed by atoms with van der Waals surface area (Å²) in [7, 11) is 0. The molecule has 0 aromatic carbocycles. The lowest BCUT2D eigenvalue weighted by atomic mass is 10.3. The highest BCUT2D eigenvalue weighted by Gasteiger charge is 2.11. The Kier molecular flexibility index (Phi) is 1.21. The summed E-state index contributed by atoms with van der Waals surface area (Å²) < 4.78 is 0. The highest BCUT2D eigenvalue weighted by atomic mass is 15.1. The fourth-order valence-corrected chi connectivity index (χ4v) is 0.806. The van der Waals surface area contributed by atoms with Crippen LogP contribution in [0.2, 0.25) is 0 Å². The van der Waals surface area contributed by atoms with E-state index in [1.54, 1.807) is 4.90 Å². The van der Waals surface area contributed by atoms with E-state index < -0.39 is 0 Å². The van der Waals surface area contributed by atoms with Crippen LogP contribution in [-0.4, -0.2) is 18.0 Å². The van der Waals surface area contributed by atoms with Crippen LogP contribution in [0, 0.1) is 11.5 Å². The lowest BCUT2D eigenvalue weighted by Gasteiger charge is -2.00. The van der Waals surface area contributed by atoms with Gasteiger partial charge in [-0.25, -0.2) is 0 Å². The van der Waals surface area contributed by atoms with E-state index >= 15 is 0 Å². The SMILES string of the molecule is C=C1CCN(C#N)C1. The Morgan fingerprint density at radius 2 is 2.50 bits per heavy atom. The van der Waals surface area contributed by atoms with E-state index in [0.29, 0.717) is 0 Å². The highest BCUT2D eigenvalue weighted by molar-refractivity contribution is 5.06. The van der Waals surface area contributed by atoms with Crippen LogP contribution in [-0.2, 0) is 0 Å². The predicted molar refractivity (Wildman–Crippen MR) is 30.9 cm³/mol. The summed E-state index contributed by atoms with van der Waals surface area (Å²) in [6, 6.07) is 0. The van der Waals surface area contributed by atoms with Gasteiger partial charge in [0.15, 0.2) is 6.19 Å². The van der Waals surface area contributed by atoms with Crippen LogP contribution in [0.5, 0.6) is 0 Å². The first-order valence-corrected chi connectivity index (χ1v) is 2.64. The van der Waals surface area contributed by atoms with Gasteiger partial charge in [-0.05, 0) is 6.42 Å². The van der Waals surface area contributed by atoms with Crippen molar-refractivity contribution < 1.29 is 0 Å². The molecule has 1 aliphatic rings. The van der Waals surface area contributed by atoms with Gasteiger partial charge in [0.1, 0.15) is 0 Å². The Labute approximate surface area is 49.0 Å². The number of hydrogen-bond acceptors (Lipinski definition) is 2. The van der Waals surface area contributed by atoms with Crippen LogP contribution in [0.4, 0.5) is 0 Å². The monoisotopic (exact) mass is 108 g/mol. The maximum atomic E-state index is 8.32. The van der Waals surface area contributed by atoms with Gasteiger partial charge in [0.25, 0.3) is 0 Å². The lowest BCUT2D eigenvalue weighted by Crippen LogP contribution is -2.10. The molecule has 1 rings (SSSR count). The van der Waals surface area contributed by atoms with E-state index in [0.717, 1.165) is 19.5 Å². The highest BCUT2D eigenvalue weighted by Crippen LogP contribution is 2.10. The molecule has 2 heteroatoms. The fraction of sp³-hybridized carbons (Fsp3) is 0.500. The zero-order valence-corrected chi connectivity index (χ0v) is 4.72. The van der Waals surface area contributed by atoms with Crippen molar-refractivity contribution in [1.82, 2.24) is 4.90 Å². The van der Waals surface area contributed by atoms with Crippen LogP contribution < -0.4 is 0 Å². The number of hydrogen-bond donors (Lipinski definition) is 0. The van der Waals surface area contributed by atoms with Crippen LogP contribution in [0.15, 0.2) is 12.2 Å². The van der Waals surface area contributed by atoms with Gasteiger partial charge in [0, 0.05) is 13.1 Å². The molecule has 0 saturated carbocycles. The average Bonchev–Trinajstić information content (AvgIpc) is 2.14. The molecule has 0 spiro atoms. The third kappa shape index (κ3) is 0.812. The first-order chi connectivity index (χ1) is 3.83. The quantitative estimate of drug-likeness (QED) is 0.338. The average molecular weight is 108 g/mol. The molecule has 8 heavy (non-hydrogen) atoms. The number of likely N-dealkylation sites (tertiary alicyclic amines) is 1. The van der Waals surface area contributed by atoms with Gasteiger partial charge in [-0.15, -0.1) is 0 Å². The summed E-state index contributed by atoms with van der Waals surface area (Å²) in [6.07, 6.45) is 3.06. The normalized spacial score (nSPS) is 18.9. The van der Waals surface area contributed by atoms with E-state index in [1.165, 1.54) is 5.57 Å². The van der Waals surface area contributed by atoms with E-state index in [1.807, 2.05) is 0 Å². The van der Waals surface area contributed by atoms with Crippen molar-refractivity contribution in [2.24, 2.45) is 0 Å². The third-order valence-corrected chi connectivity index (χ3v) is 1.29. The second-order valence-corrected chi connectivity index (χ2v) is 2.02. The molecule has 1 saturated heterocycles. The molecule has 0 radical (unpaired) electrons. The molecule has 0 N–H and O–H groups in total. The molecule has 0 aromatic heterocycles. The van der Waals surface area contributed by atoms with Crippen molar-refractivity contribution >= 4 is 0 Å². The zero-order chi connectivity index (χ0) is 5.98. The minimum absolute atomic E-state index is 0.774. The molecule has 1 aliphatic heterocycles. The Hall–Kier alpha value is -0.970. The van der Waals surface area contributed by atoms with Gasteiger partial charge in [-0.3, -0.25) is 0 Å². The van der Waals surface area contributed by atoms with E-state index in [-0.39, 0.29) is 0 Å². The summed E-state index contributed by atoms with van der Waals surface area (Å²) in [5.74, 6) is 0. The summed E-state index contributed by atoms with van der Waals surface area (Å²) >= 11 is 0. The summed E-state index contributed by atoms with van der Waals surface area (Å²) in [4.78, 5) is 1.71. The van der Waals surface area contributed by atoms with Crippen LogP contribution in [0.1, 0.15) is 6.42 Å². The maximum absolute atomic E-state index is 8.32. The first-order valence-electron chi connectivity index (χ1n) is 2.64. The summed E-state index contributed by atoms with van der Waals surface area (Å²) in [5.41, 5.74) is 1.17. The maximum Gasteiger partial charge on any atom is 0.179 e. The van der Waals surface area contributed by atoms with Gasteiger partial charge >= 0.3 is 0 Å². The van der Waals surface area contributed by atoms with Crippen molar-refractivity contribution in [3.63, 3.8) is 0 Å². The molecule has 1 fully saturated rings. The van der Waals surface area contributed by atoms with Gasteiger partial charge in [0.2, 0.25) is 0 Å². The summed E-state index contributed by atoms with van der Waals surface area (Å²) in [6.45, 7) is 5.40. The van der Waals surface area contributed by atoms with Crippen LogP contribution >= 0.6 is 0 Å². The van der Waals surface area contributed by atoms with Crippen LogP contribution in [0.25, 0.3) is 0 Å². The van der Waals surface area contributed by atoms with Crippen LogP contribution in [0.3, 0.4) is 0 Å². The molecule has 0 unspecified atom stereocenters. The number of rotatable bonds is 0. The number of nitriles is 1. The molecule has 42 valence electrons. The predicted octanol–water partition coefficient (Wildman–Crippen LogP) is 0.729. The molecule has 0 atom stereocenters. The molecule has 1 heterocycles. The molecular weight excluding hydrogens is 100 g/mol. The molecule has 0 bridgehead atoms. The Balaban J connectivity index is 2.47. The summed E-state index contributed by atoms with van der Waals surface area (Å²) in [5, 5.41) is 8.32. The van der Waals surface area contributed by atoms with Gasteiger partial charge in [0.05, 0.1) is 0 Å². The Morgan fingerprint density at radius 1 is 1.75 bits per heavy atom. The second kappa shape index (κ2) is 1.87. The third-order valence-electron chi connectivity index (χ3n) is 1.29. The zero-order valence-electron chi connectivity index (χ0n) is 4.72. The van der Waals surface area contributed by atoms with Crippen molar-refractivity contribution in [3.8, 4) is 6.19 Å². The fourth-order valence-electron chi connectivity index (χ4n) is 0.806. The topological polar surface area (TPSA) is 27.0 Å². The van der Waals surface area contributed by atoms with Crippen molar-refractivity contribution in [2.45, 2.75) is 6.42 Å². The lowest BCUT2D eigenvalue weighted by molar-refractivity contribution is 0.495. The van der Waals surface area contributed by atoms with Crippen molar-refractivity contribution in [2.75, 3.05) is 13.1 Å². The minimum atomic E-state index is 0.774. The van der Waals surface area contributed by atoms with Gasteiger partial charge in [-0.1, -0.05) is 12.2 Å². The molecule has 0 aromatic rings. The Bertz CT molecular complexity index is 143. The largest absolute Gasteiger partial charge is 0.306 e. The molecule has 0 aliphatic carbocycles. The van der Waals surface area contributed by atoms with Gasteiger partial charge in [-0.2, -0.15) is 5.26 Å². The smallest absolute Gasteiger partial charge is 0.179 e. The van der Waals surface area contributed by atoms with E-state index in [2.05, 4.69) is 12.8 Å². The molecule has 0 amide bonds. The minimum Gasteiger partial charge on any atom is -0.306 e. The Morgan fingerprint density at radius 3 is 2.75 bits per heavy atom. The second-order valence-electron chi connectivity index (χ2n) is 2.02. The van der Waals surface area contributed by atoms with Gasteiger partial charge < -0.3 is 4.90 Å². The number of nitrogens with zero attached hydrogens (tertiary/aromatic N) is 2. The first kappa shape index (κ1) is 5.17. The standard InChI is InChI=1S/C6H8N2/c1-6-2-3-8(4-6)5-7/h1-4H2. The van der Waals surface area contributed by atoms with E-state index in [9.17, 15) is 0 Å². The molecular formula is C6H8N2.